The van der Waals surface area contributed by atoms with Gasteiger partial charge in [-0.15, -0.1) is 0 Å². The number of oxazole rings is 1. The average Bonchev–Trinajstić information content (AvgIpc) is 2.89. The molecule has 0 spiro atoms. The van der Waals surface area contributed by atoms with E-state index in [1.54, 1.807) is 0 Å². The molecule has 9 heteroatoms. The summed E-state index contributed by atoms with van der Waals surface area (Å²) in [6.45, 7) is -1.05. The van der Waals surface area contributed by atoms with Crippen LogP contribution in [-0.4, -0.2) is 36.7 Å². The van der Waals surface area contributed by atoms with Gasteiger partial charge in [-0.05, 0) is 18.2 Å². The second-order valence-electron chi connectivity index (χ2n) is 4.62. The van der Waals surface area contributed by atoms with Crippen molar-refractivity contribution < 1.29 is 21.6 Å². The number of aromatic nitrogens is 1. The molecule has 0 amide bonds. The number of H-pyrrole nitrogens is 1. The van der Waals surface area contributed by atoms with Crippen LogP contribution in [0, 0.1) is 0 Å². The maximum Gasteiger partial charge on any atom is 0.417 e. The third-order valence-electron chi connectivity index (χ3n) is 3.16. The molecular formula is C11H10F2N2O4S. The SMILES string of the molecule is O=c1[nH]c2cc(S(=O)(=O)N3CCC(F)(F)C3)ccc2o1. The highest BCUT2D eigenvalue weighted by atomic mass is 32.2. The molecule has 0 unspecified atom stereocenters. The minimum absolute atomic E-state index is 0.153. The van der Waals surface area contributed by atoms with Gasteiger partial charge in [0.25, 0.3) is 5.92 Å². The highest BCUT2D eigenvalue weighted by Gasteiger charge is 2.43. The van der Waals surface area contributed by atoms with E-state index >= 15 is 0 Å². The summed E-state index contributed by atoms with van der Waals surface area (Å²) in [5, 5.41) is 0. The number of fused-ring (bicyclic) bond motifs is 1. The first-order valence-electron chi connectivity index (χ1n) is 5.79. The van der Waals surface area contributed by atoms with Gasteiger partial charge in [0.1, 0.15) is 0 Å². The molecule has 1 saturated heterocycles. The summed E-state index contributed by atoms with van der Waals surface area (Å²) >= 11 is 0. The van der Waals surface area contributed by atoms with Crippen LogP contribution < -0.4 is 5.76 Å². The summed E-state index contributed by atoms with van der Waals surface area (Å²) in [4.78, 5) is 13.2. The lowest BCUT2D eigenvalue weighted by atomic mass is 10.3. The van der Waals surface area contributed by atoms with Gasteiger partial charge in [0, 0.05) is 13.0 Å². The van der Waals surface area contributed by atoms with Crippen molar-refractivity contribution in [2.75, 3.05) is 13.1 Å². The summed E-state index contributed by atoms with van der Waals surface area (Å²) in [5.41, 5.74) is 0.419. The Balaban J connectivity index is 2.03. The monoisotopic (exact) mass is 304 g/mol. The molecule has 6 nitrogen and oxygen atoms in total. The van der Waals surface area contributed by atoms with Gasteiger partial charge < -0.3 is 4.42 Å². The van der Waals surface area contributed by atoms with Crippen LogP contribution in [0.25, 0.3) is 11.1 Å². The molecule has 0 aliphatic carbocycles. The fourth-order valence-corrected chi connectivity index (χ4v) is 3.65. The molecule has 0 bridgehead atoms. The van der Waals surface area contributed by atoms with Crippen molar-refractivity contribution in [1.29, 1.82) is 0 Å². The van der Waals surface area contributed by atoms with E-state index in [1.807, 2.05) is 0 Å². The van der Waals surface area contributed by atoms with Gasteiger partial charge in [0.05, 0.1) is 17.0 Å². The molecule has 0 saturated carbocycles. The second kappa shape index (κ2) is 4.13. The Morgan fingerprint density at radius 1 is 1.35 bits per heavy atom. The predicted octanol–water partition coefficient (Wildman–Crippen LogP) is 1.15. The van der Waals surface area contributed by atoms with Crippen molar-refractivity contribution in [2.24, 2.45) is 0 Å². The van der Waals surface area contributed by atoms with Crippen molar-refractivity contribution in [3.8, 4) is 0 Å². The van der Waals surface area contributed by atoms with E-state index < -0.39 is 34.7 Å². The number of alkyl halides is 2. The lowest BCUT2D eigenvalue weighted by Crippen LogP contribution is -2.31. The van der Waals surface area contributed by atoms with Crippen molar-refractivity contribution >= 4 is 21.1 Å². The maximum atomic E-state index is 13.1. The average molecular weight is 304 g/mol. The van der Waals surface area contributed by atoms with Crippen molar-refractivity contribution in [3.05, 3.63) is 28.7 Å². The zero-order valence-corrected chi connectivity index (χ0v) is 10.9. The number of benzene rings is 1. The number of sulfonamides is 1. The Hall–Kier alpha value is -1.74. The largest absolute Gasteiger partial charge is 0.417 e. The fraction of sp³-hybridized carbons (Fsp3) is 0.364. The van der Waals surface area contributed by atoms with Crippen LogP contribution in [0.2, 0.25) is 0 Å². The lowest BCUT2D eigenvalue weighted by Gasteiger charge is -2.16. The van der Waals surface area contributed by atoms with Crippen LogP contribution in [-0.2, 0) is 10.0 Å². The molecule has 1 aromatic heterocycles. The Kier molecular flexibility index (Phi) is 2.73. The number of nitrogens with zero attached hydrogens (tertiary/aromatic N) is 1. The molecule has 1 aromatic carbocycles. The Morgan fingerprint density at radius 3 is 2.75 bits per heavy atom. The van der Waals surface area contributed by atoms with Gasteiger partial charge in [-0.25, -0.2) is 22.0 Å². The zero-order valence-electron chi connectivity index (χ0n) is 10.1. The van der Waals surface area contributed by atoms with Crippen LogP contribution in [0.15, 0.2) is 32.3 Å². The normalized spacial score (nSPS) is 19.7. The number of halogens is 2. The smallest absolute Gasteiger partial charge is 0.408 e. The fourth-order valence-electron chi connectivity index (χ4n) is 2.15. The molecule has 2 aromatic rings. The molecule has 3 rings (SSSR count). The van der Waals surface area contributed by atoms with E-state index in [9.17, 15) is 22.0 Å². The molecule has 2 heterocycles. The van der Waals surface area contributed by atoms with E-state index in [1.165, 1.54) is 18.2 Å². The van der Waals surface area contributed by atoms with Crippen LogP contribution in [0.5, 0.6) is 0 Å². The molecule has 1 fully saturated rings. The Morgan fingerprint density at radius 2 is 2.10 bits per heavy atom. The summed E-state index contributed by atoms with van der Waals surface area (Å²) in [6.07, 6.45) is -0.489. The topological polar surface area (TPSA) is 83.4 Å². The number of rotatable bonds is 2. The summed E-state index contributed by atoms with van der Waals surface area (Å²) in [7, 11) is -4.00. The standard InChI is InChI=1S/C11H10F2N2O4S/c12-11(13)3-4-15(6-11)20(17,18)7-1-2-9-8(5-7)14-10(16)19-9/h1-2,5H,3-4,6H2,(H,14,16). The Bertz CT molecular complexity index is 824. The highest BCUT2D eigenvalue weighted by Crippen LogP contribution is 2.31. The van der Waals surface area contributed by atoms with Gasteiger partial charge in [-0.1, -0.05) is 0 Å². The van der Waals surface area contributed by atoms with Gasteiger partial charge in [0.15, 0.2) is 5.58 Å². The van der Waals surface area contributed by atoms with E-state index in [0.717, 1.165) is 4.31 Å². The van der Waals surface area contributed by atoms with Crippen molar-refractivity contribution in [3.63, 3.8) is 0 Å². The zero-order chi connectivity index (χ0) is 14.5. The van der Waals surface area contributed by atoms with Gasteiger partial charge in [-0.3, -0.25) is 4.98 Å². The third kappa shape index (κ3) is 2.12. The minimum Gasteiger partial charge on any atom is -0.408 e. The molecule has 108 valence electrons. The van der Waals surface area contributed by atoms with Gasteiger partial charge in [0.2, 0.25) is 10.0 Å². The number of hydrogen-bond acceptors (Lipinski definition) is 4. The summed E-state index contributed by atoms with van der Waals surface area (Å²) in [5.74, 6) is -3.71. The van der Waals surface area contributed by atoms with Crippen molar-refractivity contribution in [2.45, 2.75) is 17.2 Å². The van der Waals surface area contributed by atoms with E-state index in [2.05, 4.69) is 4.98 Å². The third-order valence-corrected chi connectivity index (χ3v) is 5.00. The number of nitrogens with one attached hydrogen (secondary N) is 1. The van der Waals surface area contributed by atoms with E-state index in [0.29, 0.717) is 0 Å². The van der Waals surface area contributed by atoms with E-state index in [-0.39, 0.29) is 22.5 Å². The molecule has 0 atom stereocenters. The molecule has 1 aliphatic heterocycles. The van der Waals surface area contributed by atoms with Crippen LogP contribution in [0.4, 0.5) is 8.78 Å². The quantitative estimate of drug-likeness (QED) is 0.902. The first kappa shape index (κ1) is 13.3. The molecule has 1 N–H and O–H groups in total. The summed E-state index contributed by atoms with van der Waals surface area (Å²) in [6, 6.07) is 3.74. The molecule has 1 aliphatic rings. The number of aromatic amines is 1. The summed E-state index contributed by atoms with van der Waals surface area (Å²) < 4.78 is 56.2. The Labute approximate surface area is 112 Å². The predicted molar refractivity (Wildman–Crippen MR) is 65.2 cm³/mol. The highest BCUT2D eigenvalue weighted by molar-refractivity contribution is 7.89. The first-order valence-corrected chi connectivity index (χ1v) is 7.23. The van der Waals surface area contributed by atoms with Crippen molar-refractivity contribution in [1.82, 2.24) is 9.29 Å². The lowest BCUT2D eigenvalue weighted by molar-refractivity contribution is 0.0183. The minimum atomic E-state index is -4.00. The number of hydrogen-bond donors (Lipinski definition) is 1. The molecule has 20 heavy (non-hydrogen) atoms. The first-order chi connectivity index (χ1) is 9.28. The van der Waals surface area contributed by atoms with Crippen LogP contribution in [0.3, 0.4) is 0 Å². The maximum absolute atomic E-state index is 13.1. The second-order valence-corrected chi connectivity index (χ2v) is 6.55. The van der Waals surface area contributed by atoms with Crippen LogP contribution >= 0.6 is 0 Å². The molecular weight excluding hydrogens is 294 g/mol. The van der Waals surface area contributed by atoms with Gasteiger partial charge in [-0.2, -0.15) is 4.31 Å². The van der Waals surface area contributed by atoms with E-state index in [4.69, 9.17) is 4.42 Å². The van der Waals surface area contributed by atoms with Crippen LogP contribution in [0.1, 0.15) is 6.42 Å². The molecule has 0 radical (unpaired) electrons. The van der Waals surface area contributed by atoms with Gasteiger partial charge >= 0.3 is 5.76 Å².